The molecule has 136 valence electrons. The Morgan fingerprint density at radius 2 is 1.68 bits per heavy atom. The molecule has 1 aromatic carbocycles. The van der Waals surface area contributed by atoms with Gasteiger partial charge < -0.3 is 14.2 Å². The molecule has 0 aromatic heterocycles. The molecule has 0 spiro atoms. The van der Waals surface area contributed by atoms with Crippen LogP contribution < -0.4 is 14.2 Å². The van der Waals surface area contributed by atoms with Crippen molar-refractivity contribution < 1.29 is 14.2 Å². The van der Waals surface area contributed by atoms with Gasteiger partial charge in [-0.05, 0) is 42.7 Å². The van der Waals surface area contributed by atoms with E-state index in [2.05, 4.69) is 31.0 Å². The average molecular weight is 344 g/mol. The molecule has 2 aliphatic rings. The molecule has 2 aliphatic carbocycles. The van der Waals surface area contributed by atoms with Crippen molar-refractivity contribution in [2.75, 3.05) is 21.3 Å². The minimum Gasteiger partial charge on any atom is -0.493 e. The molecule has 3 rings (SSSR count). The van der Waals surface area contributed by atoms with E-state index >= 15 is 0 Å². The van der Waals surface area contributed by atoms with Gasteiger partial charge in [0.05, 0.1) is 27.5 Å². The molecule has 2 atom stereocenters. The first kappa shape index (κ1) is 17.8. The molecule has 0 N–H and O–H groups in total. The summed E-state index contributed by atoms with van der Waals surface area (Å²) in [4.78, 5) is 0. The molecule has 2 fully saturated rings. The number of ether oxygens (including phenoxy) is 3. The smallest absolute Gasteiger partial charge is 0.203 e. The number of hydrogen-bond donors (Lipinski definition) is 0. The van der Waals surface area contributed by atoms with E-state index in [1.165, 1.54) is 18.6 Å². The van der Waals surface area contributed by atoms with Gasteiger partial charge >= 0.3 is 0 Å². The molecular weight excluding hydrogens is 316 g/mol. The van der Waals surface area contributed by atoms with Gasteiger partial charge in [-0.2, -0.15) is 10.2 Å². The van der Waals surface area contributed by atoms with Gasteiger partial charge in [0, 0.05) is 16.7 Å². The number of methoxy groups -OCH3 is 3. The van der Waals surface area contributed by atoms with Gasteiger partial charge in [-0.15, -0.1) is 0 Å². The van der Waals surface area contributed by atoms with Crippen molar-refractivity contribution in [3.8, 4) is 17.2 Å². The van der Waals surface area contributed by atoms with Crippen LogP contribution in [0.25, 0.3) is 0 Å². The zero-order chi connectivity index (χ0) is 18.2. The molecule has 25 heavy (non-hydrogen) atoms. The molecule has 2 bridgehead atoms. The predicted molar refractivity (Wildman–Crippen MR) is 100 cm³/mol. The Labute approximate surface area is 150 Å². The van der Waals surface area contributed by atoms with Gasteiger partial charge in [0.2, 0.25) is 5.75 Å². The molecule has 5 heteroatoms. The molecule has 0 heterocycles. The number of hydrogen-bond acceptors (Lipinski definition) is 5. The van der Waals surface area contributed by atoms with Crippen LogP contribution in [0.4, 0.5) is 0 Å². The van der Waals surface area contributed by atoms with Crippen LogP contribution in [0, 0.1) is 16.7 Å². The van der Waals surface area contributed by atoms with Crippen LogP contribution in [-0.4, -0.2) is 33.3 Å². The first-order valence-electron chi connectivity index (χ1n) is 8.77. The summed E-state index contributed by atoms with van der Waals surface area (Å²) in [7, 11) is 4.81. The third kappa shape index (κ3) is 2.70. The third-order valence-electron chi connectivity index (χ3n) is 6.58. The standard InChI is InChI=1S/C20H28N2O3/c1-19(2)14-7-8-20(19,3)17(11-14)22-21-12-13-9-15(23-4)18(25-6)16(10-13)24-5/h9-10,12,14H,7-8,11H2,1-6H3/b21-12+,22-17+. The Bertz CT molecular complexity index is 699. The lowest BCUT2D eigenvalue weighted by Gasteiger charge is -2.34. The van der Waals surface area contributed by atoms with E-state index in [0.717, 1.165) is 17.9 Å². The number of rotatable bonds is 5. The maximum Gasteiger partial charge on any atom is 0.203 e. The van der Waals surface area contributed by atoms with Crippen molar-refractivity contribution in [1.82, 2.24) is 0 Å². The van der Waals surface area contributed by atoms with E-state index < -0.39 is 0 Å². The highest BCUT2D eigenvalue weighted by Gasteiger charge is 2.59. The van der Waals surface area contributed by atoms with Gasteiger partial charge in [0.15, 0.2) is 11.5 Å². The van der Waals surface area contributed by atoms with Crippen LogP contribution >= 0.6 is 0 Å². The highest BCUT2D eigenvalue weighted by Crippen LogP contribution is 2.64. The molecule has 5 nitrogen and oxygen atoms in total. The Hall–Kier alpha value is -2.04. The highest BCUT2D eigenvalue weighted by molar-refractivity contribution is 5.94. The van der Waals surface area contributed by atoms with E-state index in [-0.39, 0.29) is 5.41 Å². The largest absolute Gasteiger partial charge is 0.493 e. The summed E-state index contributed by atoms with van der Waals surface area (Å²) in [5.41, 5.74) is 2.59. The highest BCUT2D eigenvalue weighted by atomic mass is 16.5. The zero-order valence-corrected chi connectivity index (χ0v) is 16.0. The first-order chi connectivity index (χ1) is 11.9. The van der Waals surface area contributed by atoms with Crippen LogP contribution in [0.2, 0.25) is 0 Å². The minimum atomic E-state index is 0.171. The fraction of sp³-hybridized carbons (Fsp3) is 0.600. The van der Waals surface area contributed by atoms with Crippen LogP contribution in [0.15, 0.2) is 22.3 Å². The van der Waals surface area contributed by atoms with Crippen LogP contribution in [0.3, 0.4) is 0 Å². The van der Waals surface area contributed by atoms with Crippen molar-refractivity contribution >= 4 is 11.9 Å². The lowest BCUT2D eigenvalue weighted by molar-refractivity contribution is 0.194. The van der Waals surface area contributed by atoms with E-state index in [1.807, 2.05) is 12.1 Å². The Morgan fingerprint density at radius 1 is 1.04 bits per heavy atom. The maximum atomic E-state index is 5.38. The summed E-state index contributed by atoms with van der Waals surface area (Å²) in [6.45, 7) is 7.08. The van der Waals surface area contributed by atoms with E-state index in [9.17, 15) is 0 Å². The van der Waals surface area contributed by atoms with E-state index in [1.54, 1.807) is 27.5 Å². The maximum absolute atomic E-state index is 5.38. The molecule has 2 saturated carbocycles. The molecule has 1 aromatic rings. The van der Waals surface area contributed by atoms with Crippen molar-refractivity contribution in [3.63, 3.8) is 0 Å². The van der Waals surface area contributed by atoms with Crippen molar-refractivity contribution in [3.05, 3.63) is 17.7 Å². The van der Waals surface area contributed by atoms with Crippen molar-refractivity contribution in [2.24, 2.45) is 27.0 Å². The van der Waals surface area contributed by atoms with E-state index in [0.29, 0.717) is 22.7 Å². The number of fused-ring (bicyclic) bond motifs is 2. The number of nitrogens with zero attached hydrogens (tertiary/aromatic N) is 2. The van der Waals surface area contributed by atoms with Gasteiger partial charge in [0.25, 0.3) is 0 Å². The van der Waals surface area contributed by atoms with E-state index in [4.69, 9.17) is 14.2 Å². The van der Waals surface area contributed by atoms with Crippen molar-refractivity contribution in [2.45, 2.75) is 40.0 Å². The van der Waals surface area contributed by atoms with Gasteiger partial charge in [0.1, 0.15) is 0 Å². The summed E-state index contributed by atoms with van der Waals surface area (Å²) in [5, 5.41) is 8.97. The predicted octanol–water partition coefficient (Wildman–Crippen LogP) is 4.33. The summed E-state index contributed by atoms with van der Waals surface area (Å²) >= 11 is 0. The SMILES string of the molecule is COc1cc(/C=N/N=C2\CC3CCC2(C)C3(C)C)cc(OC)c1OC. The molecule has 2 unspecified atom stereocenters. The normalized spacial score (nSPS) is 28.7. The number of benzene rings is 1. The lowest BCUT2D eigenvalue weighted by atomic mass is 9.70. The third-order valence-corrected chi connectivity index (χ3v) is 6.58. The second kappa shape index (κ2) is 6.36. The molecule has 0 radical (unpaired) electrons. The minimum absolute atomic E-state index is 0.171. The van der Waals surface area contributed by atoms with Crippen LogP contribution in [-0.2, 0) is 0 Å². The molecule has 0 saturated heterocycles. The fourth-order valence-electron chi connectivity index (χ4n) is 4.42. The molecular formula is C20H28N2O3. The summed E-state index contributed by atoms with van der Waals surface area (Å²) in [5.74, 6) is 2.54. The monoisotopic (exact) mass is 344 g/mol. The second-order valence-corrected chi connectivity index (χ2v) is 7.74. The van der Waals surface area contributed by atoms with Gasteiger partial charge in [-0.1, -0.05) is 20.8 Å². The Balaban J connectivity index is 1.86. The van der Waals surface area contributed by atoms with Gasteiger partial charge in [-0.3, -0.25) is 0 Å². The quantitative estimate of drug-likeness (QED) is 0.590. The average Bonchev–Trinajstić information content (AvgIpc) is 2.94. The Kier molecular flexibility index (Phi) is 4.52. The van der Waals surface area contributed by atoms with Crippen molar-refractivity contribution in [1.29, 1.82) is 0 Å². The zero-order valence-electron chi connectivity index (χ0n) is 16.0. The van der Waals surface area contributed by atoms with Gasteiger partial charge in [-0.25, -0.2) is 0 Å². The topological polar surface area (TPSA) is 52.4 Å². The Morgan fingerprint density at radius 3 is 2.12 bits per heavy atom. The molecule has 0 amide bonds. The summed E-state index contributed by atoms with van der Waals surface area (Å²) in [6.07, 6.45) is 5.33. The first-order valence-corrected chi connectivity index (χ1v) is 8.77. The fourth-order valence-corrected chi connectivity index (χ4v) is 4.42. The van der Waals surface area contributed by atoms with Crippen LogP contribution in [0.1, 0.15) is 45.6 Å². The van der Waals surface area contributed by atoms with Crippen LogP contribution in [0.5, 0.6) is 17.2 Å². The second-order valence-electron chi connectivity index (χ2n) is 7.74. The lowest BCUT2D eigenvalue weighted by Crippen LogP contribution is -2.32. The summed E-state index contributed by atoms with van der Waals surface area (Å²) < 4.78 is 16.1. The molecule has 0 aliphatic heterocycles. The summed E-state index contributed by atoms with van der Waals surface area (Å²) in [6, 6.07) is 3.75.